The third kappa shape index (κ3) is 3.21. The third-order valence-corrected chi connectivity index (χ3v) is 3.30. The van der Waals surface area contributed by atoms with Crippen molar-refractivity contribution in [3.8, 4) is 0 Å². The molecule has 1 aromatic heterocycles. The van der Waals surface area contributed by atoms with Crippen LogP contribution < -0.4 is 5.32 Å². The minimum atomic E-state index is 0.156. The lowest BCUT2D eigenvalue weighted by molar-refractivity contribution is 0.575. The number of nitrogens with one attached hydrogen (secondary N) is 1. The maximum absolute atomic E-state index is 4.51. The average molecular weight is 308 g/mol. The first-order valence-electron chi connectivity index (χ1n) is 6.19. The Bertz CT molecular complexity index is 507. The van der Waals surface area contributed by atoms with E-state index in [-0.39, 0.29) is 6.04 Å². The highest BCUT2D eigenvalue weighted by Crippen LogP contribution is 2.23. The van der Waals surface area contributed by atoms with Crippen molar-refractivity contribution < 1.29 is 0 Å². The molecule has 0 spiro atoms. The van der Waals surface area contributed by atoms with Gasteiger partial charge in [-0.1, -0.05) is 35.0 Å². The maximum atomic E-state index is 4.51. The van der Waals surface area contributed by atoms with Gasteiger partial charge in [-0.05, 0) is 36.7 Å². The molecule has 0 saturated carbocycles. The van der Waals surface area contributed by atoms with Gasteiger partial charge in [-0.25, -0.2) is 0 Å². The Morgan fingerprint density at radius 3 is 2.83 bits per heavy atom. The van der Waals surface area contributed by atoms with Crippen LogP contribution in [0.4, 0.5) is 0 Å². The van der Waals surface area contributed by atoms with E-state index in [1.807, 2.05) is 24.0 Å². The maximum Gasteiger partial charge on any atom is 0.0839 e. The summed E-state index contributed by atoms with van der Waals surface area (Å²) in [5.74, 6) is 0. The van der Waals surface area contributed by atoms with Crippen molar-refractivity contribution in [1.29, 1.82) is 0 Å². The molecular weight excluding hydrogens is 290 g/mol. The quantitative estimate of drug-likeness (QED) is 0.919. The summed E-state index contributed by atoms with van der Waals surface area (Å²) in [5, 5.41) is 8.05. The molecule has 1 N–H and O–H groups in total. The number of hydrogen-bond acceptors (Lipinski definition) is 2. The van der Waals surface area contributed by atoms with E-state index in [4.69, 9.17) is 0 Å². The highest BCUT2D eigenvalue weighted by atomic mass is 79.9. The topological polar surface area (TPSA) is 29.9 Å². The number of aryl methyl sites for hydroxylation is 1. The second-order valence-corrected chi connectivity index (χ2v) is 5.27. The zero-order valence-corrected chi connectivity index (χ0v) is 12.3. The standard InChI is InChI=1S/C14H18BrN3/c1-3-8-16-14(13-7-9-18(2)17-13)11-5-4-6-12(15)10-11/h4-7,9-10,14,16H,3,8H2,1-2H3. The molecule has 0 bridgehead atoms. The third-order valence-electron chi connectivity index (χ3n) is 2.81. The summed E-state index contributed by atoms with van der Waals surface area (Å²) < 4.78 is 2.94. The first-order chi connectivity index (χ1) is 8.70. The van der Waals surface area contributed by atoms with E-state index in [1.54, 1.807) is 0 Å². The van der Waals surface area contributed by atoms with E-state index in [1.165, 1.54) is 5.56 Å². The molecule has 1 unspecified atom stereocenters. The van der Waals surface area contributed by atoms with Crippen LogP contribution in [0.2, 0.25) is 0 Å². The predicted molar refractivity (Wildman–Crippen MR) is 77.5 cm³/mol. The molecule has 0 aliphatic rings. The Morgan fingerprint density at radius 1 is 1.39 bits per heavy atom. The molecule has 0 fully saturated rings. The second-order valence-electron chi connectivity index (χ2n) is 4.36. The van der Waals surface area contributed by atoms with Gasteiger partial charge in [-0.15, -0.1) is 0 Å². The summed E-state index contributed by atoms with van der Waals surface area (Å²) in [5.41, 5.74) is 2.29. The van der Waals surface area contributed by atoms with E-state index in [9.17, 15) is 0 Å². The van der Waals surface area contributed by atoms with Gasteiger partial charge in [0.05, 0.1) is 11.7 Å². The van der Waals surface area contributed by atoms with Crippen molar-refractivity contribution in [3.63, 3.8) is 0 Å². The monoisotopic (exact) mass is 307 g/mol. The Labute approximate surface area is 116 Å². The first kappa shape index (κ1) is 13.3. The Balaban J connectivity index is 2.30. The van der Waals surface area contributed by atoms with Crippen LogP contribution >= 0.6 is 15.9 Å². The van der Waals surface area contributed by atoms with Crippen LogP contribution in [0.15, 0.2) is 41.0 Å². The van der Waals surface area contributed by atoms with E-state index >= 15 is 0 Å². The summed E-state index contributed by atoms with van der Waals surface area (Å²) in [6, 6.07) is 10.6. The van der Waals surface area contributed by atoms with Crippen LogP contribution in [0.3, 0.4) is 0 Å². The molecule has 4 heteroatoms. The van der Waals surface area contributed by atoms with Crippen LogP contribution in [0, 0.1) is 0 Å². The highest BCUT2D eigenvalue weighted by Gasteiger charge is 2.15. The van der Waals surface area contributed by atoms with Gasteiger partial charge in [0.25, 0.3) is 0 Å². The molecule has 3 nitrogen and oxygen atoms in total. The van der Waals surface area contributed by atoms with Gasteiger partial charge in [0.2, 0.25) is 0 Å². The van der Waals surface area contributed by atoms with Gasteiger partial charge in [-0.2, -0.15) is 5.10 Å². The molecule has 2 aromatic rings. The van der Waals surface area contributed by atoms with E-state index in [0.29, 0.717) is 0 Å². The summed E-state index contributed by atoms with van der Waals surface area (Å²) in [6.07, 6.45) is 3.09. The van der Waals surface area contributed by atoms with Gasteiger partial charge in [-0.3, -0.25) is 4.68 Å². The molecule has 1 aromatic carbocycles. The molecule has 0 aliphatic carbocycles. The summed E-state index contributed by atoms with van der Waals surface area (Å²) in [6.45, 7) is 3.15. The fourth-order valence-electron chi connectivity index (χ4n) is 1.96. The van der Waals surface area contributed by atoms with Gasteiger partial charge in [0.1, 0.15) is 0 Å². The van der Waals surface area contributed by atoms with E-state index in [2.05, 4.69) is 57.5 Å². The molecule has 0 aliphatic heterocycles. The van der Waals surface area contributed by atoms with Crippen molar-refractivity contribution in [2.45, 2.75) is 19.4 Å². The van der Waals surface area contributed by atoms with Crippen molar-refractivity contribution >= 4 is 15.9 Å². The molecule has 96 valence electrons. The minimum absolute atomic E-state index is 0.156. The molecule has 2 rings (SSSR count). The fraction of sp³-hybridized carbons (Fsp3) is 0.357. The van der Waals surface area contributed by atoms with Gasteiger partial charge >= 0.3 is 0 Å². The number of aromatic nitrogens is 2. The second kappa shape index (κ2) is 6.16. The van der Waals surface area contributed by atoms with Crippen LogP contribution in [0.1, 0.15) is 30.6 Å². The summed E-state index contributed by atoms with van der Waals surface area (Å²) >= 11 is 3.52. The van der Waals surface area contributed by atoms with E-state index in [0.717, 1.165) is 23.1 Å². The zero-order chi connectivity index (χ0) is 13.0. The van der Waals surface area contributed by atoms with Crippen LogP contribution in [-0.2, 0) is 7.05 Å². The molecule has 18 heavy (non-hydrogen) atoms. The minimum Gasteiger partial charge on any atom is -0.305 e. The first-order valence-corrected chi connectivity index (χ1v) is 6.98. The largest absolute Gasteiger partial charge is 0.305 e. The smallest absolute Gasteiger partial charge is 0.0839 e. The van der Waals surface area contributed by atoms with Gasteiger partial charge < -0.3 is 5.32 Å². The van der Waals surface area contributed by atoms with Gasteiger partial charge in [0, 0.05) is 17.7 Å². The van der Waals surface area contributed by atoms with E-state index < -0.39 is 0 Å². The molecule has 0 saturated heterocycles. The van der Waals surface area contributed by atoms with Crippen LogP contribution in [0.25, 0.3) is 0 Å². The highest BCUT2D eigenvalue weighted by molar-refractivity contribution is 9.10. The molecular formula is C14H18BrN3. The molecule has 0 radical (unpaired) electrons. The Kier molecular flexibility index (Phi) is 4.55. The number of benzene rings is 1. The lowest BCUT2D eigenvalue weighted by Crippen LogP contribution is -2.23. The fourth-order valence-corrected chi connectivity index (χ4v) is 2.37. The van der Waals surface area contributed by atoms with Crippen LogP contribution in [-0.4, -0.2) is 16.3 Å². The SMILES string of the molecule is CCCNC(c1cccc(Br)c1)c1ccn(C)n1. The number of hydrogen-bond donors (Lipinski definition) is 1. The Morgan fingerprint density at radius 2 is 2.22 bits per heavy atom. The van der Waals surface area contributed by atoms with Crippen molar-refractivity contribution in [1.82, 2.24) is 15.1 Å². The number of rotatable bonds is 5. The molecule has 0 amide bonds. The van der Waals surface area contributed by atoms with Crippen molar-refractivity contribution in [3.05, 3.63) is 52.3 Å². The lowest BCUT2D eigenvalue weighted by Gasteiger charge is -2.17. The van der Waals surface area contributed by atoms with Crippen molar-refractivity contribution in [2.75, 3.05) is 6.54 Å². The predicted octanol–water partition coefficient (Wildman–Crippen LogP) is 3.27. The molecule has 1 atom stereocenters. The van der Waals surface area contributed by atoms with Crippen LogP contribution in [0.5, 0.6) is 0 Å². The average Bonchev–Trinajstić information content (AvgIpc) is 2.76. The zero-order valence-electron chi connectivity index (χ0n) is 10.7. The Hall–Kier alpha value is -1.13. The molecule has 1 heterocycles. The summed E-state index contributed by atoms with van der Waals surface area (Å²) in [4.78, 5) is 0. The lowest BCUT2D eigenvalue weighted by atomic mass is 10.0. The number of nitrogens with zero attached hydrogens (tertiary/aromatic N) is 2. The summed E-state index contributed by atoms with van der Waals surface area (Å²) in [7, 11) is 1.95. The van der Waals surface area contributed by atoms with Gasteiger partial charge in [0.15, 0.2) is 0 Å². The van der Waals surface area contributed by atoms with Crippen molar-refractivity contribution in [2.24, 2.45) is 7.05 Å². The normalized spacial score (nSPS) is 12.6. The number of halogens is 1.